The number of fused-ring (bicyclic) bond motifs is 18. The predicted octanol–water partition coefficient (Wildman–Crippen LogP) is 21.9. The van der Waals surface area contributed by atoms with Crippen molar-refractivity contribution in [3.05, 3.63) is 261 Å². The summed E-state index contributed by atoms with van der Waals surface area (Å²) in [4.78, 5) is 11.5. The van der Waals surface area contributed by atoms with E-state index < -0.39 is 0 Å². The van der Waals surface area contributed by atoms with Gasteiger partial charge in [-0.2, -0.15) is 9.97 Å². The van der Waals surface area contributed by atoms with Crippen molar-refractivity contribution >= 4 is 160 Å². The fourth-order valence-corrected chi connectivity index (χ4v) is 17.1. The molecule has 0 aliphatic heterocycles. The Morgan fingerprint density at radius 2 is 0.476 bits per heavy atom. The first-order chi connectivity index (χ1) is 41.6. The summed E-state index contributed by atoms with van der Waals surface area (Å²) in [7, 11) is 0. The summed E-state index contributed by atoms with van der Waals surface area (Å²) in [6, 6.07) is 96.2. The van der Waals surface area contributed by atoms with E-state index in [2.05, 4.69) is 275 Å². The maximum Gasteiger partial charge on any atom is 0.238 e. The summed E-state index contributed by atoms with van der Waals surface area (Å²) in [5.74, 6) is 2.14. The summed E-state index contributed by atoms with van der Waals surface area (Å²) < 4.78 is 14.8. The molecule has 0 N–H and O–H groups in total. The van der Waals surface area contributed by atoms with Gasteiger partial charge >= 0.3 is 0 Å². The maximum atomic E-state index is 5.76. The van der Waals surface area contributed by atoms with Gasteiger partial charge in [0, 0.05) is 98.9 Å². The molecular weight excluding hydrogens is 1080 g/mol. The van der Waals surface area contributed by atoms with Gasteiger partial charge in [0.2, 0.25) is 5.95 Å². The zero-order valence-electron chi connectivity index (χ0n) is 44.8. The minimum absolute atomic E-state index is 0.589. The average molecular weight is 1120 g/mol. The highest BCUT2D eigenvalue weighted by Gasteiger charge is 2.23. The van der Waals surface area contributed by atoms with Gasteiger partial charge in [0.05, 0.1) is 33.1 Å². The first-order valence-electron chi connectivity index (χ1n) is 28.4. The van der Waals surface area contributed by atoms with Crippen molar-refractivity contribution in [2.75, 3.05) is 0 Å². The highest BCUT2D eigenvalue weighted by Crippen LogP contribution is 2.44. The van der Waals surface area contributed by atoms with Crippen LogP contribution in [0.3, 0.4) is 0 Å². The molecule has 0 amide bonds. The third kappa shape index (κ3) is 6.81. The lowest BCUT2D eigenvalue weighted by atomic mass is 10.0. The van der Waals surface area contributed by atoms with Crippen LogP contribution in [-0.2, 0) is 0 Å². The van der Waals surface area contributed by atoms with E-state index in [4.69, 9.17) is 9.97 Å². The first kappa shape index (κ1) is 46.4. The van der Waals surface area contributed by atoms with Crippen LogP contribution >= 0.6 is 34.0 Å². The molecule has 390 valence electrons. The third-order valence-corrected chi connectivity index (χ3v) is 20.9. The molecule has 8 heteroatoms. The molecule has 0 fully saturated rings. The average Bonchev–Trinajstić information content (AvgIpc) is 2.33. The molecule has 0 saturated heterocycles. The summed E-state index contributed by atoms with van der Waals surface area (Å²) >= 11 is 5.58. The van der Waals surface area contributed by atoms with Crippen molar-refractivity contribution in [1.82, 2.24) is 23.7 Å². The van der Waals surface area contributed by atoms with Gasteiger partial charge < -0.3 is 0 Å². The van der Waals surface area contributed by atoms with Crippen LogP contribution in [0.15, 0.2) is 261 Å². The molecule has 7 heterocycles. The highest BCUT2D eigenvalue weighted by atomic mass is 32.1. The fourth-order valence-electron chi connectivity index (χ4n) is 13.6. The molecule has 0 spiro atoms. The molecule has 0 atom stereocenters. The minimum atomic E-state index is 0.589. The molecule has 19 rings (SSSR count). The number of nitrogens with zero attached hydrogens (tertiary/aromatic N) is 5. The lowest BCUT2D eigenvalue weighted by Gasteiger charge is -2.15. The standard InChI is InChI=1S/C76H43N5S3/c1-7-19-62-50(13-1)59-37-44(47-25-31-56-53-16-4-10-22-68(53)82-71(56)40-47)28-34-65(59)79(62)74-43-75(80-63-20-8-2-14-51(63)60-38-45(29-35-66(60)80)48-26-32-57-54-17-5-11-23-69(54)83-72(57)41-48)78-76(77-74)81-64-21-9-3-15-52(64)61-39-46(30-36-67(61)81)49-27-33-58-55-18-6-12-24-70(55)84-73(58)42-49/h1-43H. The van der Waals surface area contributed by atoms with Crippen molar-refractivity contribution in [1.29, 1.82) is 0 Å². The molecule has 0 aliphatic rings. The van der Waals surface area contributed by atoms with Crippen molar-refractivity contribution in [3.63, 3.8) is 0 Å². The van der Waals surface area contributed by atoms with Crippen LogP contribution in [0.4, 0.5) is 0 Å². The second-order valence-electron chi connectivity index (χ2n) is 22.1. The van der Waals surface area contributed by atoms with E-state index in [0.717, 1.165) is 77.1 Å². The minimum Gasteiger partial charge on any atom is -0.294 e. The van der Waals surface area contributed by atoms with Crippen LogP contribution in [0, 0.1) is 0 Å². The van der Waals surface area contributed by atoms with E-state index in [1.54, 1.807) is 0 Å². The molecule has 0 bridgehead atoms. The highest BCUT2D eigenvalue weighted by molar-refractivity contribution is 7.26. The van der Waals surface area contributed by atoms with Gasteiger partial charge in [-0.25, -0.2) is 0 Å². The van der Waals surface area contributed by atoms with E-state index in [9.17, 15) is 0 Å². The predicted molar refractivity (Wildman–Crippen MR) is 360 cm³/mol. The smallest absolute Gasteiger partial charge is 0.238 e. The van der Waals surface area contributed by atoms with Crippen LogP contribution in [0.1, 0.15) is 0 Å². The Balaban J connectivity index is 0.834. The molecule has 19 aromatic rings. The quantitative estimate of drug-likeness (QED) is 0.166. The van der Waals surface area contributed by atoms with Crippen molar-refractivity contribution in [2.45, 2.75) is 0 Å². The van der Waals surface area contributed by atoms with E-state index in [0.29, 0.717) is 5.95 Å². The van der Waals surface area contributed by atoms with Crippen molar-refractivity contribution in [3.8, 4) is 51.0 Å². The normalized spacial score (nSPS) is 12.3. The molecule has 0 radical (unpaired) electrons. The Hall–Kier alpha value is -10.2. The number of hydrogen-bond acceptors (Lipinski definition) is 5. The van der Waals surface area contributed by atoms with Crippen molar-refractivity contribution in [2.24, 2.45) is 0 Å². The topological polar surface area (TPSA) is 40.6 Å². The Bertz CT molecular complexity index is 5430. The van der Waals surface area contributed by atoms with E-state index in [1.165, 1.54) is 93.9 Å². The van der Waals surface area contributed by atoms with E-state index >= 15 is 0 Å². The second-order valence-corrected chi connectivity index (χ2v) is 25.3. The number of hydrogen-bond donors (Lipinski definition) is 0. The lowest BCUT2D eigenvalue weighted by molar-refractivity contribution is 0.918. The second kappa shape index (κ2) is 17.6. The summed E-state index contributed by atoms with van der Waals surface area (Å²) in [5, 5.41) is 14.8. The number of rotatable bonds is 6. The Labute approximate surface area is 492 Å². The van der Waals surface area contributed by atoms with Gasteiger partial charge in [-0.1, -0.05) is 164 Å². The van der Waals surface area contributed by atoms with Crippen LogP contribution in [0.5, 0.6) is 0 Å². The molecule has 84 heavy (non-hydrogen) atoms. The largest absolute Gasteiger partial charge is 0.294 e. The van der Waals surface area contributed by atoms with Gasteiger partial charge in [0.1, 0.15) is 11.6 Å². The monoisotopic (exact) mass is 1120 g/mol. The number of benzene rings is 12. The molecule has 0 saturated carbocycles. The van der Waals surface area contributed by atoms with Crippen LogP contribution in [-0.4, -0.2) is 23.7 Å². The summed E-state index contributed by atoms with van der Waals surface area (Å²) in [6.45, 7) is 0. The third-order valence-electron chi connectivity index (χ3n) is 17.5. The summed E-state index contributed by atoms with van der Waals surface area (Å²) in [6.07, 6.45) is 0. The molecule has 5 nitrogen and oxygen atoms in total. The SMILES string of the molecule is c1ccc2c(c1)sc1cc(-c3ccc4c(c3)c3ccccc3n4-c3cc(-n4c5ccccc5c5cc(-c6ccc7c(c6)sc6ccccc67)ccc54)nc(-n4c5ccccc5c5cc(-c6ccc7c(c6)sc6ccccc67)ccc54)n3)ccc12. The zero-order valence-corrected chi connectivity index (χ0v) is 47.2. The van der Waals surface area contributed by atoms with E-state index in [1.807, 2.05) is 34.0 Å². The summed E-state index contributed by atoms with van der Waals surface area (Å²) in [5.41, 5.74) is 13.5. The van der Waals surface area contributed by atoms with Gasteiger partial charge in [-0.15, -0.1) is 34.0 Å². The number of aromatic nitrogens is 5. The fraction of sp³-hybridized carbons (Fsp3) is 0. The van der Waals surface area contributed by atoms with Crippen LogP contribution in [0.25, 0.3) is 177 Å². The number of para-hydroxylation sites is 3. The Kier molecular flexibility index (Phi) is 9.75. The molecule has 0 unspecified atom stereocenters. The van der Waals surface area contributed by atoms with Gasteiger partial charge in [-0.3, -0.25) is 13.7 Å². The molecule has 0 aliphatic carbocycles. The van der Waals surface area contributed by atoms with Gasteiger partial charge in [0.15, 0.2) is 0 Å². The molecule has 12 aromatic carbocycles. The van der Waals surface area contributed by atoms with Crippen LogP contribution in [0.2, 0.25) is 0 Å². The Morgan fingerprint density at radius 1 is 0.202 bits per heavy atom. The van der Waals surface area contributed by atoms with Gasteiger partial charge in [0.25, 0.3) is 0 Å². The molecular formula is C76H43N5S3. The van der Waals surface area contributed by atoms with Crippen molar-refractivity contribution < 1.29 is 0 Å². The molecule has 7 aromatic heterocycles. The number of thiophene rings is 3. The lowest BCUT2D eigenvalue weighted by Crippen LogP contribution is -2.10. The van der Waals surface area contributed by atoms with Gasteiger partial charge in [-0.05, 0) is 124 Å². The van der Waals surface area contributed by atoms with E-state index in [-0.39, 0.29) is 0 Å². The zero-order chi connectivity index (χ0) is 54.7. The maximum absolute atomic E-state index is 5.76. The Morgan fingerprint density at radius 3 is 0.857 bits per heavy atom. The first-order valence-corrected chi connectivity index (χ1v) is 30.8. The van der Waals surface area contributed by atoms with Crippen LogP contribution < -0.4 is 0 Å².